The molecular weight excluding hydrogens is 377 g/mol. The molecule has 2 bridgehead atoms. The number of ether oxygens (including phenoxy) is 2. The highest BCUT2D eigenvalue weighted by Crippen LogP contribution is 2.36. The van der Waals surface area contributed by atoms with E-state index in [1.807, 2.05) is 11.8 Å². The van der Waals surface area contributed by atoms with Crippen LogP contribution in [-0.2, 0) is 11.2 Å². The van der Waals surface area contributed by atoms with Crippen molar-refractivity contribution < 1.29 is 18.7 Å². The average Bonchev–Trinajstić information content (AvgIpc) is 3.20. The van der Waals surface area contributed by atoms with Gasteiger partial charge in [-0.3, -0.25) is 9.69 Å². The minimum atomic E-state index is -0.330. The summed E-state index contributed by atoms with van der Waals surface area (Å²) in [4.78, 5) is 24.8. The number of carbonyl (C=O) groups is 1. The Morgan fingerprint density at radius 1 is 1.24 bits per heavy atom. The predicted octanol–water partition coefficient (Wildman–Crippen LogP) is 1.81. The smallest absolute Gasteiger partial charge is 0.238 e. The summed E-state index contributed by atoms with van der Waals surface area (Å²) in [6.45, 7) is 3.70. The lowest BCUT2D eigenvalue weighted by Gasteiger charge is -2.56. The number of anilines is 2. The van der Waals surface area contributed by atoms with Crippen molar-refractivity contribution in [3.63, 3.8) is 0 Å². The van der Waals surface area contributed by atoms with Crippen molar-refractivity contribution in [2.45, 2.75) is 31.8 Å². The van der Waals surface area contributed by atoms with Gasteiger partial charge in [0.1, 0.15) is 6.33 Å². The van der Waals surface area contributed by atoms with E-state index in [9.17, 15) is 9.18 Å². The molecule has 0 aliphatic carbocycles. The molecule has 0 spiro atoms. The van der Waals surface area contributed by atoms with Crippen LogP contribution in [-0.4, -0.2) is 59.3 Å². The Kier molecular flexibility index (Phi) is 4.46. The van der Waals surface area contributed by atoms with Gasteiger partial charge < -0.3 is 19.7 Å². The number of rotatable bonds is 5. The van der Waals surface area contributed by atoms with E-state index in [1.54, 1.807) is 18.2 Å². The maximum absolute atomic E-state index is 14.6. The first-order chi connectivity index (χ1) is 14.1. The molecule has 4 aliphatic rings. The van der Waals surface area contributed by atoms with Gasteiger partial charge in [-0.15, -0.1) is 0 Å². The number of nitrogens with one attached hydrogen (secondary N) is 1. The van der Waals surface area contributed by atoms with Gasteiger partial charge in [-0.1, -0.05) is 6.92 Å². The molecule has 1 aromatic carbocycles. The summed E-state index contributed by atoms with van der Waals surface area (Å²) in [5.41, 5.74) is 1.12. The molecule has 29 heavy (non-hydrogen) atoms. The third kappa shape index (κ3) is 3.25. The second kappa shape index (κ2) is 7.14. The van der Waals surface area contributed by atoms with Crippen molar-refractivity contribution in [3.8, 4) is 11.5 Å². The molecule has 5 heterocycles. The zero-order valence-corrected chi connectivity index (χ0v) is 16.1. The number of aryl methyl sites for hydroxylation is 1. The van der Waals surface area contributed by atoms with E-state index in [4.69, 9.17) is 9.47 Å². The van der Waals surface area contributed by atoms with Crippen molar-refractivity contribution >= 4 is 17.4 Å². The molecule has 4 aliphatic heterocycles. The normalized spacial score (nSPS) is 22.3. The third-order valence-corrected chi connectivity index (χ3v) is 5.80. The zero-order valence-electron chi connectivity index (χ0n) is 16.1. The van der Waals surface area contributed by atoms with E-state index >= 15 is 0 Å². The predicted molar refractivity (Wildman–Crippen MR) is 104 cm³/mol. The Morgan fingerprint density at radius 3 is 2.83 bits per heavy atom. The molecule has 0 radical (unpaired) electrons. The topological polar surface area (TPSA) is 79.8 Å². The number of carbonyl (C=O) groups excluding carboxylic acids is 1. The van der Waals surface area contributed by atoms with Crippen LogP contribution in [0.25, 0.3) is 0 Å². The van der Waals surface area contributed by atoms with E-state index in [-0.39, 0.29) is 30.6 Å². The number of benzene rings is 1. The maximum atomic E-state index is 14.6. The number of halogens is 1. The Balaban J connectivity index is 1.20. The van der Waals surface area contributed by atoms with Gasteiger partial charge in [0, 0.05) is 36.9 Å². The Hall–Kier alpha value is -2.94. The van der Waals surface area contributed by atoms with Gasteiger partial charge in [0.25, 0.3) is 0 Å². The number of hydrogen-bond acceptors (Lipinski definition) is 7. The molecular formula is C20H22FN5O3. The van der Waals surface area contributed by atoms with Crippen LogP contribution < -0.4 is 19.7 Å². The van der Waals surface area contributed by atoms with E-state index in [0.29, 0.717) is 54.8 Å². The van der Waals surface area contributed by atoms with Crippen LogP contribution in [0.15, 0.2) is 24.5 Å². The molecule has 152 valence electrons. The summed E-state index contributed by atoms with van der Waals surface area (Å²) in [5, 5.41) is 2.92. The Morgan fingerprint density at radius 2 is 2.03 bits per heavy atom. The van der Waals surface area contributed by atoms with Crippen LogP contribution >= 0.6 is 0 Å². The van der Waals surface area contributed by atoms with Crippen molar-refractivity contribution in [1.29, 1.82) is 0 Å². The third-order valence-electron chi connectivity index (χ3n) is 5.80. The van der Waals surface area contributed by atoms with E-state index in [1.165, 1.54) is 6.33 Å². The second-order valence-electron chi connectivity index (χ2n) is 7.55. The monoisotopic (exact) mass is 399 g/mol. The fourth-order valence-corrected chi connectivity index (χ4v) is 4.32. The Bertz CT molecular complexity index is 944. The lowest BCUT2D eigenvalue weighted by molar-refractivity contribution is -0.121. The molecule has 3 fully saturated rings. The van der Waals surface area contributed by atoms with Crippen LogP contribution in [0.4, 0.5) is 15.9 Å². The first kappa shape index (κ1) is 18.1. The number of amides is 1. The first-order valence-corrected chi connectivity index (χ1v) is 9.82. The van der Waals surface area contributed by atoms with Gasteiger partial charge >= 0.3 is 0 Å². The van der Waals surface area contributed by atoms with Crippen molar-refractivity contribution in [3.05, 3.63) is 36.0 Å². The fourth-order valence-electron chi connectivity index (χ4n) is 4.32. The number of aromatic nitrogens is 2. The summed E-state index contributed by atoms with van der Waals surface area (Å²) in [6.07, 6.45) is 2.98. The van der Waals surface area contributed by atoms with E-state index in [2.05, 4.69) is 20.2 Å². The summed E-state index contributed by atoms with van der Waals surface area (Å²) < 4.78 is 25.2. The van der Waals surface area contributed by atoms with Gasteiger partial charge in [-0.2, -0.15) is 0 Å². The number of hydrogen-bond donors (Lipinski definition) is 1. The van der Waals surface area contributed by atoms with E-state index < -0.39 is 0 Å². The minimum Gasteiger partial charge on any atom is -0.454 e. The highest BCUT2D eigenvalue weighted by Gasteiger charge is 2.46. The molecule has 8 nitrogen and oxygen atoms in total. The van der Waals surface area contributed by atoms with Crippen LogP contribution in [0.5, 0.6) is 11.5 Å². The second-order valence-corrected chi connectivity index (χ2v) is 7.55. The summed E-state index contributed by atoms with van der Waals surface area (Å²) in [6, 6.07) is 5.79. The number of piperidine rings is 1. The molecule has 3 saturated heterocycles. The molecule has 1 aromatic heterocycles. The summed E-state index contributed by atoms with van der Waals surface area (Å²) >= 11 is 0. The Labute approximate surface area is 167 Å². The van der Waals surface area contributed by atoms with E-state index in [0.717, 1.165) is 6.42 Å². The van der Waals surface area contributed by atoms with Crippen LogP contribution in [0, 0.1) is 5.82 Å². The molecule has 2 unspecified atom stereocenters. The summed E-state index contributed by atoms with van der Waals surface area (Å²) in [5.74, 6) is 1.29. The lowest BCUT2D eigenvalue weighted by Crippen LogP contribution is -2.70. The lowest BCUT2D eigenvalue weighted by atomic mass is 9.87. The molecule has 2 aromatic rings. The van der Waals surface area contributed by atoms with Crippen molar-refractivity contribution in [2.24, 2.45) is 0 Å². The quantitative estimate of drug-likeness (QED) is 0.821. The number of fused-ring (bicyclic) bond motifs is 3. The van der Waals surface area contributed by atoms with Crippen molar-refractivity contribution in [1.82, 2.24) is 14.9 Å². The zero-order chi connectivity index (χ0) is 20.0. The van der Waals surface area contributed by atoms with Crippen LogP contribution in [0.1, 0.15) is 19.0 Å². The maximum Gasteiger partial charge on any atom is 0.238 e. The number of piperazine rings is 1. The van der Waals surface area contributed by atoms with Gasteiger partial charge in [0.2, 0.25) is 12.7 Å². The molecule has 1 amide bonds. The highest BCUT2D eigenvalue weighted by molar-refractivity contribution is 5.92. The molecule has 1 N–H and O–H groups in total. The standard InChI is InChI=1S/C20H22FN5O3/c1-2-15-19(21)20(23-10-22-15)25-7-13-6-14(8-25)26(13)9-18(27)24-12-3-4-16-17(5-12)29-11-28-16/h3-5,10,13-14H,2,6-9,11H2,1H3,(H,24,27). The molecule has 2 atom stereocenters. The van der Waals surface area contributed by atoms with Crippen molar-refractivity contribution in [2.75, 3.05) is 36.6 Å². The summed E-state index contributed by atoms with van der Waals surface area (Å²) in [7, 11) is 0. The largest absolute Gasteiger partial charge is 0.454 e. The molecule has 0 saturated carbocycles. The van der Waals surface area contributed by atoms with Gasteiger partial charge in [0.05, 0.1) is 12.2 Å². The molecule has 9 heteroatoms. The van der Waals surface area contributed by atoms with Gasteiger partial charge in [-0.25, -0.2) is 14.4 Å². The van der Waals surface area contributed by atoms with Gasteiger partial charge in [0.15, 0.2) is 23.1 Å². The SMILES string of the molecule is CCc1ncnc(N2CC3CC(C2)N3CC(=O)Nc2ccc3c(c2)OCO3)c1F. The first-order valence-electron chi connectivity index (χ1n) is 9.82. The highest BCUT2D eigenvalue weighted by atomic mass is 19.1. The molecule has 6 rings (SSSR count). The minimum absolute atomic E-state index is 0.0755. The fraction of sp³-hybridized carbons (Fsp3) is 0.450. The number of nitrogens with zero attached hydrogens (tertiary/aromatic N) is 4. The average molecular weight is 399 g/mol. The van der Waals surface area contributed by atoms with Crippen LogP contribution in [0.3, 0.4) is 0 Å². The van der Waals surface area contributed by atoms with Crippen LogP contribution in [0.2, 0.25) is 0 Å². The van der Waals surface area contributed by atoms with Gasteiger partial charge in [-0.05, 0) is 25.0 Å².